The van der Waals surface area contributed by atoms with E-state index in [4.69, 9.17) is 4.42 Å². The number of furan rings is 1. The third-order valence-corrected chi connectivity index (χ3v) is 6.12. The van der Waals surface area contributed by atoms with Crippen LogP contribution in [0.4, 0.5) is 5.82 Å². The predicted octanol–water partition coefficient (Wildman–Crippen LogP) is 4.46. The molecule has 0 bridgehead atoms. The van der Waals surface area contributed by atoms with Crippen LogP contribution >= 0.6 is 11.3 Å². The minimum Gasteiger partial charge on any atom is -0.468 e. The van der Waals surface area contributed by atoms with E-state index in [0.717, 1.165) is 11.6 Å². The molecular weight excluding hydrogens is 372 g/mol. The molecule has 1 fully saturated rings. The number of anilines is 1. The van der Waals surface area contributed by atoms with Gasteiger partial charge >= 0.3 is 0 Å². The van der Waals surface area contributed by atoms with E-state index >= 15 is 0 Å². The molecule has 3 aromatic heterocycles. The highest BCUT2D eigenvalue weighted by atomic mass is 32.1. The SMILES string of the molecule is Cc1ccc(CN(CC(=O)Nc2ccnn2C(C)C2CC2)Cc2ccco2)s1. The number of aromatic nitrogens is 2. The monoisotopic (exact) mass is 398 g/mol. The first-order chi connectivity index (χ1) is 13.6. The van der Waals surface area contributed by atoms with Crippen molar-refractivity contribution in [2.24, 2.45) is 5.92 Å². The van der Waals surface area contributed by atoms with Crippen molar-refractivity contribution in [1.29, 1.82) is 0 Å². The normalized spacial score (nSPS) is 15.1. The maximum absolute atomic E-state index is 12.8. The van der Waals surface area contributed by atoms with Crippen LogP contribution in [0.1, 0.15) is 41.3 Å². The summed E-state index contributed by atoms with van der Waals surface area (Å²) in [6, 6.07) is 10.2. The van der Waals surface area contributed by atoms with Crippen molar-refractivity contribution < 1.29 is 9.21 Å². The van der Waals surface area contributed by atoms with Gasteiger partial charge in [-0.05, 0) is 56.9 Å². The number of nitrogens with one attached hydrogen (secondary N) is 1. The Kier molecular flexibility index (Phi) is 5.64. The third kappa shape index (κ3) is 4.72. The maximum atomic E-state index is 12.8. The lowest BCUT2D eigenvalue weighted by Crippen LogP contribution is -2.33. The van der Waals surface area contributed by atoms with Crippen molar-refractivity contribution in [1.82, 2.24) is 14.7 Å². The average molecular weight is 399 g/mol. The summed E-state index contributed by atoms with van der Waals surface area (Å²) >= 11 is 1.76. The highest BCUT2D eigenvalue weighted by molar-refractivity contribution is 7.11. The molecule has 1 amide bonds. The number of aryl methyl sites for hydroxylation is 1. The van der Waals surface area contributed by atoms with Crippen LogP contribution in [0.2, 0.25) is 0 Å². The topological polar surface area (TPSA) is 63.3 Å². The number of nitrogens with zero attached hydrogens (tertiary/aromatic N) is 3. The second-order valence-corrected chi connectivity index (χ2v) is 8.90. The molecule has 6 nitrogen and oxygen atoms in total. The first-order valence-corrected chi connectivity index (χ1v) is 10.5. The number of carbonyl (C=O) groups is 1. The van der Waals surface area contributed by atoms with E-state index < -0.39 is 0 Å². The number of amides is 1. The van der Waals surface area contributed by atoms with Gasteiger partial charge in [0.05, 0.1) is 31.6 Å². The lowest BCUT2D eigenvalue weighted by Gasteiger charge is -2.21. The Hall–Kier alpha value is -2.38. The van der Waals surface area contributed by atoms with Crippen LogP contribution in [0.15, 0.2) is 47.2 Å². The van der Waals surface area contributed by atoms with Gasteiger partial charge in [0.2, 0.25) is 5.91 Å². The largest absolute Gasteiger partial charge is 0.468 e. The van der Waals surface area contributed by atoms with E-state index in [-0.39, 0.29) is 5.91 Å². The minimum atomic E-state index is -0.0374. The van der Waals surface area contributed by atoms with Crippen molar-refractivity contribution in [2.75, 3.05) is 11.9 Å². The molecule has 1 atom stereocenters. The molecular formula is C21H26N4O2S. The fourth-order valence-corrected chi connectivity index (χ4v) is 4.42. The number of rotatable bonds is 9. The van der Waals surface area contributed by atoms with E-state index in [1.165, 1.54) is 22.6 Å². The van der Waals surface area contributed by atoms with Gasteiger partial charge in [-0.25, -0.2) is 4.68 Å². The average Bonchev–Trinajstić information content (AvgIpc) is 3.01. The molecule has 148 valence electrons. The molecule has 0 aromatic carbocycles. The maximum Gasteiger partial charge on any atom is 0.239 e. The summed E-state index contributed by atoms with van der Waals surface area (Å²) in [5.74, 6) is 2.26. The summed E-state index contributed by atoms with van der Waals surface area (Å²) < 4.78 is 7.43. The van der Waals surface area contributed by atoms with Gasteiger partial charge in [-0.3, -0.25) is 9.69 Å². The summed E-state index contributed by atoms with van der Waals surface area (Å²) in [6.07, 6.45) is 5.90. The van der Waals surface area contributed by atoms with Crippen molar-refractivity contribution in [3.8, 4) is 0 Å². The zero-order valence-corrected chi connectivity index (χ0v) is 17.1. The number of thiophene rings is 1. The Balaban J connectivity index is 1.42. The first kappa shape index (κ1) is 19.0. The summed E-state index contributed by atoms with van der Waals surface area (Å²) in [4.78, 5) is 17.4. The highest BCUT2D eigenvalue weighted by Gasteiger charge is 2.30. The van der Waals surface area contributed by atoms with Crippen LogP contribution in [-0.2, 0) is 17.9 Å². The molecule has 1 N–H and O–H groups in total. The van der Waals surface area contributed by atoms with E-state index in [1.807, 2.05) is 22.9 Å². The van der Waals surface area contributed by atoms with Crippen molar-refractivity contribution in [3.05, 3.63) is 58.3 Å². The van der Waals surface area contributed by atoms with Crippen molar-refractivity contribution >= 4 is 23.1 Å². The van der Waals surface area contributed by atoms with E-state index in [9.17, 15) is 4.79 Å². The zero-order chi connectivity index (χ0) is 19.5. The predicted molar refractivity (Wildman–Crippen MR) is 110 cm³/mol. The number of hydrogen-bond donors (Lipinski definition) is 1. The molecule has 3 heterocycles. The lowest BCUT2D eigenvalue weighted by molar-refractivity contribution is -0.117. The van der Waals surface area contributed by atoms with Gasteiger partial charge < -0.3 is 9.73 Å². The zero-order valence-electron chi connectivity index (χ0n) is 16.3. The Labute approximate surface area is 169 Å². The second-order valence-electron chi connectivity index (χ2n) is 7.52. The molecule has 1 unspecified atom stereocenters. The summed E-state index contributed by atoms with van der Waals surface area (Å²) in [5.41, 5.74) is 0. The van der Waals surface area contributed by atoms with Gasteiger partial charge in [0.1, 0.15) is 11.6 Å². The van der Waals surface area contributed by atoms with Crippen LogP contribution in [0.3, 0.4) is 0 Å². The standard InChI is InChI=1S/C21H26N4O2S/c1-15-5-8-19(28-15)13-24(12-18-4-3-11-27-18)14-21(26)23-20-9-10-22-25(20)16(2)17-6-7-17/h3-5,8-11,16-17H,6-7,12-14H2,1-2H3,(H,23,26). The molecule has 0 radical (unpaired) electrons. The Morgan fingerprint density at radius 2 is 2.21 bits per heavy atom. The van der Waals surface area contributed by atoms with Gasteiger partial charge in [0, 0.05) is 22.4 Å². The van der Waals surface area contributed by atoms with Crippen LogP contribution < -0.4 is 5.32 Å². The molecule has 28 heavy (non-hydrogen) atoms. The fraction of sp³-hybridized carbons (Fsp3) is 0.429. The van der Waals surface area contributed by atoms with Crippen LogP contribution in [0.25, 0.3) is 0 Å². The van der Waals surface area contributed by atoms with Crippen LogP contribution in [-0.4, -0.2) is 27.1 Å². The minimum absolute atomic E-state index is 0.0374. The van der Waals surface area contributed by atoms with Crippen LogP contribution in [0, 0.1) is 12.8 Å². The van der Waals surface area contributed by atoms with Gasteiger partial charge in [-0.1, -0.05) is 0 Å². The third-order valence-electron chi connectivity index (χ3n) is 5.13. The molecule has 7 heteroatoms. The molecule has 4 rings (SSSR count). The quantitative estimate of drug-likeness (QED) is 0.578. The van der Waals surface area contributed by atoms with Crippen LogP contribution in [0.5, 0.6) is 0 Å². The van der Waals surface area contributed by atoms with E-state index in [1.54, 1.807) is 23.8 Å². The molecule has 0 spiro atoms. The highest BCUT2D eigenvalue weighted by Crippen LogP contribution is 2.40. The molecule has 1 aliphatic rings. The Morgan fingerprint density at radius 3 is 2.89 bits per heavy atom. The van der Waals surface area contributed by atoms with Crippen molar-refractivity contribution in [2.45, 2.75) is 45.8 Å². The first-order valence-electron chi connectivity index (χ1n) is 9.72. The van der Waals surface area contributed by atoms with Gasteiger partial charge in [0.25, 0.3) is 0 Å². The molecule has 1 aliphatic carbocycles. The summed E-state index contributed by atoms with van der Waals surface area (Å²) in [7, 11) is 0. The smallest absolute Gasteiger partial charge is 0.239 e. The van der Waals surface area contributed by atoms with E-state index in [2.05, 4.69) is 41.3 Å². The molecule has 0 aliphatic heterocycles. The van der Waals surface area contributed by atoms with Gasteiger partial charge in [-0.2, -0.15) is 5.10 Å². The molecule has 3 aromatic rings. The summed E-state index contributed by atoms with van der Waals surface area (Å²) in [5, 5.41) is 7.46. The fourth-order valence-electron chi connectivity index (χ4n) is 3.48. The Bertz CT molecular complexity index is 911. The lowest BCUT2D eigenvalue weighted by atomic mass is 10.2. The number of carbonyl (C=O) groups excluding carboxylic acids is 1. The summed E-state index contributed by atoms with van der Waals surface area (Å²) in [6.45, 7) is 5.86. The molecule has 1 saturated carbocycles. The van der Waals surface area contributed by atoms with Gasteiger partial charge in [0.15, 0.2) is 0 Å². The van der Waals surface area contributed by atoms with E-state index in [0.29, 0.717) is 31.6 Å². The Morgan fingerprint density at radius 1 is 1.36 bits per heavy atom. The molecule has 0 saturated heterocycles. The van der Waals surface area contributed by atoms with Crippen molar-refractivity contribution in [3.63, 3.8) is 0 Å². The number of hydrogen-bond acceptors (Lipinski definition) is 5. The second kappa shape index (κ2) is 8.32. The van der Waals surface area contributed by atoms with Gasteiger partial charge in [-0.15, -0.1) is 11.3 Å².